The van der Waals surface area contributed by atoms with Gasteiger partial charge in [0.2, 0.25) is 5.91 Å². The van der Waals surface area contributed by atoms with E-state index in [0.717, 1.165) is 24.1 Å². The van der Waals surface area contributed by atoms with Crippen LogP contribution in [0, 0.1) is 12.8 Å². The van der Waals surface area contributed by atoms with Gasteiger partial charge < -0.3 is 14.8 Å². The number of aromatic nitrogens is 2. The maximum Gasteiger partial charge on any atom is 0.227 e. The van der Waals surface area contributed by atoms with E-state index in [2.05, 4.69) is 15.5 Å². The first-order chi connectivity index (χ1) is 10.6. The van der Waals surface area contributed by atoms with Crippen LogP contribution in [0.15, 0.2) is 18.2 Å². The van der Waals surface area contributed by atoms with Crippen molar-refractivity contribution >= 4 is 11.6 Å². The summed E-state index contributed by atoms with van der Waals surface area (Å²) in [4.78, 5) is 12.1. The number of carbonyl (C=O) groups excluding carboxylic acids is 1. The number of benzene rings is 1. The Labute approximate surface area is 128 Å². The van der Waals surface area contributed by atoms with Crippen LogP contribution in [0.1, 0.15) is 18.5 Å². The topological polar surface area (TPSA) is 76.2 Å². The molecule has 1 aromatic carbocycles. The fourth-order valence-corrected chi connectivity index (χ4v) is 2.35. The molecule has 116 valence electrons. The molecule has 1 heterocycles. The van der Waals surface area contributed by atoms with Crippen LogP contribution in [0.25, 0.3) is 11.3 Å². The van der Waals surface area contributed by atoms with E-state index in [1.54, 1.807) is 14.2 Å². The predicted octanol–water partition coefficient (Wildman–Crippen LogP) is 2.75. The number of H-pyrrole nitrogens is 1. The number of anilines is 1. The molecule has 1 saturated carbocycles. The van der Waals surface area contributed by atoms with Crippen LogP contribution in [0.4, 0.5) is 5.69 Å². The van der Waals surface area contributed by atoms with Gasteiger partial charge in [-0.05, 0) is 38.0 Å². The van der Waals surface area contributed by atoms with Gasteiger partial charge in [0.15, 0.2) is 0 Å². The molecule has 0 bridgehead atoms. The predicted molar refractivity (Wildman–Crippen MR) is 83.2 cm³/mol. The maximum atomic E-state index is 12.1. The van der Waals surface area contributed by atoms with E-state index in [9.17, 15) is 4.79 Å². The van der Waals surface area contributed by atoms with Crippen LogP contribution >= 0.6 is 0 Å². The minimum atomic E-state index is 0.0487. The van der Waals surface area contributed by atoms with E-state index in [4.69, 9.17) is 9.47 Å². The second kappa shape index (κ2) is 5.71. The van der Waals surface area contributed by atoms with Gasteiger partial charge in [0.1, 0.15) is 17.2 Å². The van der Waals surface area contributed by atoms with Crippen molar-refractivity contribution in [3.05, 3.63) is 23.9 Å². The smallest absolute Gasteiger partial charge is 0.227 e. The number of methoxy groups -OCH3 is 2. The number of aryl methyl sites for hydroxylation is 1. The van der Waals surface area contributed by atoms with Crippen molar-refractivity contribution in [1.82, 2.24) is 10.2 Å². The molecule has 6 nitrogen and oxygen atoms in total. The summed E-state index contributed by atoms with van der Waals surface area (Å²) in [6.07, 6.45) is 1.92. The molecule has 1 aliphatic rings. The number of hydrogen-bond donors (Lipinski definition) is 2. The van der Waals surface area contributed by atoms with Crippen molar-refractivity contribution < 1.29 is 14.3 Å². The van der Waals surface area contributed by atoms with Crippen molar-refractivity contribution in [3.8, 4) is 22.8 Å². The third kappa shape index (κ3) is 2.64. The molecule has 22 heavy (non-hydrogen) atoms. The molecule has 3 rings (SSSR count). The Bertz CT molecular complexity index is 705. The Kier molecular flexibility index (Phi) is 3.75. The van der Waals surface area contributed by atoms with Gasteiger partial charge >= 0.3 is 0 Å². The van der Waals surface area contributed by atoms with Crippen molar-refractivity contribution in [1.29, 1.82) is 0 Å². The molecular formula is C16H19N3O3. The molecule has 0 radical (unpaired) electrons. The van der Waals surface area contributed by atoms with Gasteiger partial charge in [0.05, 0.1) is 25.6 Å². The molecule has 2 aromatic rings. The van der Waals surface area contributed by atoms with Crippen LogP contribution in [-0.4, -0.2) is 30.3 Å². The number of carbonyl (C=O) groups is 1. The average molecular weight is 301 g/mol. The van der Waals surface area contributed by atoms with Crippen LogP contribution in [0.5, 0.6) is 11.5 Å². The van der Waals surface area contributed by atoms with Crippen molar-refractivity contribution in [2.24, 2.45) is 5.92 Å². The second-order valence-electron chi connectivity index (χ2n) is 5.40. The van der Waals surface area contributed by atoms with Gasteiger partial charge in [-0.3, -0.25) is 9.89 Å². The maximum absolute atomic E-state index is 12.1. The quantitative estimate of drug-likeness (QED) is 0.890. The van der Waals surface area contributed by atoms with Gasteiger partial charge in [-0.15, -0.1) is 0 Å². The molecule has 0 atom stereocenters. The number of ether oxygens (including phenoxy) is 2. The van der Waals surface area contributed by atoms with E-state index in [0.29, 0.717) is 22.9 Å². The van der Waals surface area contributed by atoms with Gasteiger partial charge in [0.25, 0.3) is 0 Å². The zero-order valence-electron chi connectivity index (χ0n) is 12.9. The number of nitrogens with one attached hydrogen (secondary N) is 2. The molecule has 0 saturated heterocycles. The molecule has 0 spiro atoms. The van der Waals surface area contributed by atoms with E-state index in [1.165, 1.54) is 0 Å². The number of hydrogen-bond acceptors (Lipinski definition) is 4. The van der Waals surface area contributed by atoms with E-state index in [-0.39, 0.29) is 11.8 Å². The molecule has 1 aliphatic carbocycles. The first-order valence-corrected chi connectivity index (χ1v) is 7.22. The minimum Gasteiger partial charge on any atom is -0.497 e. The molecule has 0 aliphatic heterocycles. The van der Waals surface area contributed by atoms with Crippen LogP contribution < -0.4 is 14.8 Å². The monoisotopic (exact) mass is 301 g/mol. The first kappa shape index (κ1) is 14.4. The lowest BCUT2D eigenvalue weighted by Gasteiger charge is -2.11. The number of nitrogens with zero attached hydrogens (tertiary/aromatic N) is 1. The summed E-state index contributed by atoms with van der Waals surface area (Å²) in [5, 5.41) is 10.2. The lowest BCUT2D eigenvalue weighted by molar-refractivity contribution is -0.117. The highest BCUT2D eigenvalue weighted by Crippen LogP contribution is 2.38. The van der Waals surface area contributed by atoms with Crippen LogP contribution in [0.2, 0.25) is 0 Å². The Hall–Kier alpha value is -2.50. The van der Waals surface area contributed by atoms with Crippen LogP contribution in [0.3, 0.4) is 0 Å². The number of amides is 1. The van der Waals surface area contributed by atoms with Gasteiger partial charge in [-0.2, -0.15) is 5.10 Å². The second-order valence-corrected chi connectivity index (χ2v) is 5.40. The third-order valence-corrected chi connectivity index (χ3v) is 3.81. The normalized spacial score (nSPS) is 13.8. The SMILES string of the molecule is COc1ccc(OC)c(-c2n[nH]c(C)c2NC(=O)C2CC2)c1. The summed E-state index contributed by atoms with van der Waals surface area (Å²) in [6, 6.07) is 5.50. The van der Waals surface area contributed by atoms with E-state index in [1.807, 2.05) is 25.1 Å². The zero-order valence-corrected chi connectivity index (χ0v) is 12.9. The molecule has 2 N–H and O–H groups in total. The summed E-state index contributed by atoms with van der Waals surface area (Å²) in [6.45, 7) is 1.88. The summed E-state index contributed by atoms with van der Waals surface area (Å²) in [7, 11) is 3.21. The van der Waals surface area contributed by atoms with E-state index < -0.39 is 0 Å². The first-order valence-electron chi connectivity index (χ1n) is 7.22. The van der Waals surface area contributed by atoms with Crippen molar-refractivity contribution in [2.75, 3.05) is 19.5 Å². The van der Waals surface area contributed by atoms with Gasteiger partial charge in [0, 0.05) is 11.5 Å². The zero-order chi connectivity index (χ0) is 15.7. The lowest BCUT2D eigenvalue weighted by Crippen LogP contribution is -2.14. The summed E-state index contributed by atoms with van der Waals surface area (Å²) < 4.78 is 10.7. The summed E-state index contributed by atoms with van der Waals surface area (Å²) in [5.74, 6) is 1.56. The van der Waals surface area contributed by atoms with E-state index >= 15 is 0 Å². The minimum absolute atomic E-state index is 0.0487. The standard InChI is InChI=1S/C16H19N3O3/c1-9-14(17-16(20)10-4-5-10)15(19-18-9)12-8-11(21-2)6-7-13(12)22-3/h6-8,10H,4-5H2,1-3H3,(H,17,20)(H,18,19). The summed E-state index contributed by atoms with van der Waals surface area (Å²) in [5.41, 5.74) is 2.94. The Morgan fingerprint density at radius 2 is 2.09 bits per heavy atom. The molecule has 1 amide bonds. The highest BCUT2D eigenvalue weighted by Gasteiger charge is 2.31. The average Bonchev–Trinajstić information content (AvgIpc) is 3.33. The van der Waals surface area contributed by atoms with Gasteiger partial charge in [-0.25, -0.2) is 0 Å². The largest absolute Gasteiger partial charge is 0.497 e. The Morgan fingerprint density at radius 3 is 2.73 bits per heavy atom. The molecule has 0 unspecified atom stereocenters. The lowest BCUT2D eigenvalue weighted by atomic mass is 10.1. The molecular weight excluding hydrogens is 282 g/mol. The Morgan fingerprint density at radius 1 is 1.32 bits per heavy atom. The number of aromatic amines is 1. The number of rotatable bonds is 5. The molecule has 1 aromatic heterocycles. The fourth-order valence-electron chi connectivity index (χ4n) is 2.35. The highest BCUT2D eigenvalue weighted by molar-refractivity contribution is 5.98. The summed E-state index contributed by atoms with van der Waals surface area (Å²) >= 11 is 0. The molecule has 6 heteroatoms. The van der Waals surface area contributed by atoms with Crippen molar-refractivity contribution in [3.63, 3.8) is 0 Å². The Balaban J connectivity index is 2.02. The van der Waals surface area contributed by atoms with Gasteiger partial charge in [-0.1, -0.05) is 0 Å². The molecule has 1 fully saturated rings. The fraction of sp³-hybridized carbons (Fsp3) is 0.375. The van der Waals surface area contributed by atoms with Crippen LogP contribution in [-0.2, 0) is 4.79 Å². The third-order valence-electron chi connectivity index (χ3n) is 3.81. The van der Waals surface area contributed by atoms with Crippen molar-refractivity contribution in [2.45, 2.75) is 19.8 Å². The highest BCUT2D eigenvalue weighted by atomic mass is 16.5.